The second-order valence-electron chi connectivity index (χ2n) is 6.84. The van der Waals surface area contributed by atoms with Crippen LogP contribution in [0, 0.1) is 6.42 Å². The fraction of sp³-hybridized carbons (Fsp3) is 0.238. The predicted molar refractivity (Wildman–Crippen MR) is 102 cm³/mol. The number of amides is 1. The molecule has 0 aliphatic carbocycles. The van der Waals surface area contributed by atoms with Crippen molar-refractivity contribution in [3.63, 3.8) is 0 Å². The third-order valence-electron chi connectivity index (χ3n) is 4.60. The molecule has 0 bridgehead atoms. The highest BCUT2D eigenvalue weighted by Gasteiger charge is 2.27. The summed E-state index contributed by atoms with van der Waals surface area (Å²) in [5, 5.41) is 7.24. The van der Waals surface area contributed by atoms with Crippen LogP contribution >= 0.6 is 0 Å². The Morgan fingerprint density at radius 3 is 2.46 bits per heavy atom. The Hall–Kier alpha value is -2.95. The molecule has 5 heteroatoms. The number of aromatic amines is 1. The Balaban J connectivity index is 1.63. The Morgan fingerprint density at radius 1 is 1.12 bits per heavy atom. The summed E-state index contributed by atoms with van der Waals surface area (Å²) in [6.07, 6.45) is 3.91. The second-order valence-corrected chi connectivity index (χ2v) is 6.84. The fourth-order valence-electron chi connectivity index (χ4n) is 2.69. The maximum absolute atomic E-state index is 11.6. The number of rotatable bonds is 7. The van der Waals surface area contributed by atoms with Gasteiger partial charge in [0.25, 0.3) is 0 Å². The van der Waals surface area contributed by atoms with Crippen molar-refractivity contribution in [2.75, 3.05) is 0 Å². The van der Waals surface area contributed by atoms with Gasteiger partial charge in [-0.3, -0.25) is 9.89 Å². The van der Waals surface area contributed by atoms with Gasteiger partial charge in [0.2, 0.25) is 5.91 Å². The summed E-state index contributed by atoms with van der Waals surface area (Å²) in [7, 11) is 0. The van der Waals surface area contributed by atoms with Crippen LogP contribution in [0.25, 0.3) is 11.4 Å². The van der Waals surface area contributed by atoms with E-state index in [0.717, 1.165) is 29.8 Å². The van der Waals surface area contributed by atoms with Crippen LogP contribution in [0.4, 0.5) is 0 Å². The average molecular weight is 347 g/mol. The number of benzene rings is 2. The third kappa shape index (κ3) is 3.99. The molecule has 3 aromatic rings. The van der Waals surface area contributed by atoms with Gasteiger partial charge in [0.15, 0.2) is 5.82 Å². The lowest BCUT2D eigenvalue weighted by Crippen LogP contribution is -2.35. The van der Waals surface area contributed by atoms with Crippen LogP contribution in [0.15, 0.2) is 54.6 Å². The Kier molecular flexibility index (Phi) is 5.16. The maximum Gasteiger partial charge on any atom is 0.227 e. The first kappa shape index (κ1) is 17.9. The molecule has 0 spiro atoms. The number of hydrogen-bond acceptors (Lipinski definition) is 3. The zero-order valence-corrected chi connectivity index (χ0v) is 15.1. The van der Waals surface area contributed by atoms with Gasteiger partial charge >= 0.3 is 0 Å². The molecule has 133 valence electrons. The van der Waals surface area contributed by atoms with Crippen molar-refractivity contribution in [1.29, 1.82) is 0 Å². The first-order valence-electron chi connectivity index (χ1n) is 8.67. The summed E-state index contributed by atoms with van der Waals surface area (Å²) in [5.41, 5.74) is 7.84. The normalized spacial score (nSPS) is 11.5. The van der Waals surface area contributed by atoms with Crippen LogP contribution in [0.3, 0.4) is 0 Å². The minimum Gasteiger partial charge on any atom is -0.369 e. The highest BCUT2D eigenvalue weighted by molar-refractivity contribution is 5.85. The minimum atomic E-state index is -0.700. The van der Waals surface area contributed by atoms with Gasteiger partial charge in [-0.05, 0) is 37.8 Å². The first-order valence-corrected chi connectivity index (χ1v) is 8.67. The topological polar surface area (TPSA) is 84.7 Å². The van der Waals surface area contributed by atoms with E-state index in [0.29, 0.717) is 5.82 Å². The second kappa shape index (κ2) is 7.52. The summed E-state index contributed by atoms with van der Waals surface area (Å²) >= 11 is 0. The van der Waals surface area contributed by atoms with E-state index in [1.54, 1.807) is 0 Å². The highest BCUT2D eigenvalue weighted by atomic mass is 16.1. The SMILES string of the molecule is CC(C)(C(N)=O)c1ccc(-c2n[nH]c([CH]CCc3ccccc3)n2)cc1. The van der Waals surface area contributed by atoms with Crippen LogP contribution < -0.4 is 5.73 Å². The zero-order chi connectivity index (χ0) is 18.6. The van der Waals surface area contributed by atoms with Gasteiger partial charge in [-0.2, -0.15) is 5.10 Å². The average Bonchev–Trinajstić information content (AvgIpc) is 3.11. The van der Waals surface area contributed by atoms with Gasteiger partial charge in [0.1, 0.15) is 5.82 Å². The minimum absolute atomic E-state index is 0.349. The Morgan fingerprint density at radius 2 is 1.81 bits per heavy atom. The molecule has 1 heterocycles. The van der Waals surface area contributed by atoms with E-state index in [-0.39, 0.29) is 5.91 Å². The molecule has 0 saturated heterocycles. The predicted octanol–water partition coefficient (Wildman–Crippen LogP) is 3.42. The van der Waals surface area contributed by atoms with Crippen molar-refractivity contribution >= 4 is 5.91 Å². The molecule has 1 aromatic heterocycles. The van der Waals surface area contributed by atoms with Gasteiger partial charge < -0.3 is 5.73 Å². The molecule has 0 saturated carbocycles. The van der Waals surface area contributed by atoms with Gasteiger partial charge in [-0.25, -0.2) is 4.98 Å². The summed E-state index contributed by atoms with van der Waals surface area (Å²) in [6, 6.07) is 18.0. The van der Waals surface area contributed by atoms with Crippen molar-refractivity contribution in [2.24, 2.45) is 5.73 Å². The molecule has 2 aromatic carbocycles. The van der Waals surface area contributed by atoms with Crippen LogP contribution in [0.1, 0.15) is 37.2 Å². The Labute approximate surface area is 153 Å². The highest BCUT2D eigenvalue weighted by Crippen LogP contribution is 2.25. The molecule has 1 radical (unpaired) electrons. The summed E-state index contributed by atoms with van der Waals surface area (Å²) < 4.78 is 0. The molecule has 0 fully saturated rings. The fourth-order valence-corrected chi connectivity index (χ4v) is 2.69. The van der Waals surface area contributed by atoms with Crippen LogP contribution in [0.2, 0.25) is 0 Å². The molecular formula is C21H23N4O. The number of primary amides is 1. The monoisotopic (exact) mass is 347 g/mol. The standard InChI is InChI=1S/C21H23N4O/c1-21(2,20(22)26)17-13-11-16(12-14-17)19-23-18(24-25-19)10-6-9-15-7-4-3-5-8-15/h3-5,7-8,10-14H,6,9H2,1-2H3,(H2,22,26)(H,23,24,25). The number of aromatic nitrogens is 3. The molecular weight excluding hydrogens is 324 g/mol. The lowest BCUT2D eigenvalue weighted by Gasteiger charge is -2.20. The smallest absolute Gasteiger partial charge is 0.227 e. The van der Waals surface area contributed by atoms with Crippen molar-refractivity contribution in [2.45, 2.75) is 32.1 Å². The third-order valence-corrected chi connectivity index (χ3v) is 4.60. The Bertz CT molecular complexity index is 867. The number of carbonyl (C=O) groups is 1. The van der Waals surface area contributed by atoms with Crippen molar-refractivity contribution < 1.29 is 4.79 Å². The molecule has 5 nitrogen and oxygen atoms in total. The van der Waals surface area contributed by atoms with Crippen LogP contribution in [-0.4, -0.2) is 21.1 Å². The number of aryl methyl sites for hydroxylation is 1. The van der Waals surface area contributed by atoms with Crippen molar-refractivity contribution in [3.05, 3.63) is 78.0 Å². The van der Waals surface area contributed by atoms with Crippen LogP contribution in [0.5, 0.6) is 0 Å². The van der Waals surface area contributed by atoms with Crippen LogP contribution in [-0.2, 0) is 16.6 Å². The van der Waals surface area contributed by atoms with E-state index in [1.807, 2.05) is 62.7 Å². The number of hydrogen-bond donors (Lipinski definition) is 2. The number of nitrogens with zero attached hydrogens (tertiary/aromatic N) is 2. The van der Waals surface area contributed by atoms with E-state index in [1.165, 1.54) is 5.56 Å². The van der Waals surface area contributed by atoms with E-state index >= 15 is 0 Å². The van der Waals surface area contributed by atoms with E-state index < -0.39 is 5.41 Å². The summed E-state index contributed by atoms with van der Waals surface area (Å²) in [6.45, 7) is 3.63. The molecule has 0 aliphatic rings. The molecule has 0 unspecified atom stereocenters. The quantitative estimate of drug-likeness (QED) is 0.687. The molecule has 3 rings (SSSR count). The lowest BCUT2D eigenvalue weighted by atomic mass is 9.83. The molecule has 0 aliphatic heterocycles. The molecule has 3 N–H and O–H groups in total. The molecule has 26 heavy (non-hydrogen) atoms. The van der Waals surface area contributed by atoms with Gasteiger partial charge in [0.05, 0.1) is 5.41 Å². The number of carbonyl (C=O) groups excluding carboxylic acids is 1. The summed E-state index contributed by atoms with van der Waals surface area (Å²) in [4.78, 5) is 16.1. The van der Waals surface area contributed by atoms with Gasteiger partial charge in [0, 0.05) is 12.0 Å². The maximum atomic E-state index is 11.6. The van der Waals surface area contributed by atoms with Gasteiger partial charge in [-0.15, -0.1) is 0 Å². The number of nitrogens with one attached hydrogen (secondary N) is 1. The zero-order valence-electron chi connectivity index (χ0n) is 15.1. The van der Waals surface area contributed by atoms with E-state index in [2.05, 4.69) is 27.3 Å². The molecule has 1 amide bonds. The summed E-state index contributed by atoms with van der Waals surface area (Å²) in [5.74, 6) is 1.05. The largest absolute Gasteiger partial charge is 0.369 e. The molecule has 0 atom stereocenters. The van der Waals surface area contributed by atoms with Crippen molar-refractivity contribution in [3.8, 4) is 11.4 Å². The number of nitrogens with two attached hydrogens (primary N) is 1. The van der Waals surface area contributed by atoms with Gasteiger partial charge in [-0.1, -0.05) is 54.6 Å². The van der Waals surface area contributed by atoms with Crippen molar-refractivity contribution in [1.82, 2.24) is 15.2 Å². The first-order chi connectivity index (χ1) is 12.5. The van der Waals surface area contributed by atoms with E-state index in [9.17, 15) is 4.79 Å². The lowest BCUT2D eigenvalue weighted by molar-refractivity contribution is -0.122. The van der Waals surface area contributed by atoms with E-state index in [4.69, 9.17) is 5.73 Å². The number of H-pyrrole nitrogens is 1.